The standard InChI is InChI=1S/C25H21ClN2O2S2/c1-27(2)20-11-13-21(14-12-20)28-24(29)23(32-25(28)31)15-18-5-3-4-6-22(18)30-16-17-7-9-19(26)10-8-17/h3-15H,16H2,1-2H3/b23-15+. The van der Waals surface area contributed by atoms with Crippen molar-refractivity contribution in [1.82, 2.24) is 0 Å². The molecule has 0 aliphatic carbocycles. The van der Waals surface area contributed by atoms with Crippen LogP contribution in [0.25, 0.3) is 6.08 Å². The molecule has 32 heavy (non-hydrogen) atoms. The van der Waals surface area contributed by atoms with Crippen molar-refractivity contribution in [2.24, 2.45) is 0 Å². The second kappa shape index (κ2) is 9.77. The van der Waals surface area contributed by atoms with E-state index in [0.29, 0.717) is 26.6 Å². The lowest BCUT2D eigenvalue weighted by Gasteiger charge is -2.17. The molecular weight excluding hydrogens is 460 g/mol. The smallest absolute Gasteiger partial charge is 0.270 e. The van der Waals surface area contributed by atoms with E-state index in [4.69, 9.17) is 28.6 Å². The molecule has 0 N–H and O–H groups in total. The van der Waals surface area contributed by atoms with Gasteiger partial charge in [-0.15, -0.1) is 0 Å². The number of nitrogens with zero attached hydrogens (tertiary/aromatic N) is 2. The molecule has 0 spiro atoms. The Balaban J connectivity index is 1.54. The van der Waals surface area contributed by atoms with Crippen LogP contribution in [0.15, 0.2) is 77.7 Å². The fraction of sp³-hybridized carbons (Fsp3) is 0.120. The van der Waals surface area contributed by atoms with Crippen LogP contribution in [0.3, 0.4) is 0 Å². The van der Waals surface area contributed by atoms with Gasteiger partial charge in [0.05, 0.1) is 10.6 Å². The highest BCUT2D eigenvalue weighted by molar-refractivity contribution is 8.27. The minimum Gasteiger partial charge on any atom is -0.488 e. The molecule has 0 atom stereocenters. The van der Waals surface area contributed by atoms with E-state index in [2.05, 4.69) is 0 Å². The number of ether oxygens (including phenoxy) is 1. The number of para-hydroxylation sites is 1. The molecule has 4 nitrogen and oxygen atoms in total. The van der Waals surface area contributed by atoms with Gasteiger partial charge in [0.15, 0.2) is 4.32 Å². The second-order valence-electron chi connectivity index (χ2n) is 7.38. The molecule has 0 aromatic heterocycles. The van der Waals surface area contributed by atoms with Crippen LogP contribution >= 0.6 is 35.6 Å². The first-order valence-corrected chi connectivity index (χ1v) is 11.5. The zero-order chi connectivity index (χ0) is 22.7. The van der Waals surface area contributed by atoms with Crippen LogP contribution in [0.5, 0.6) is 5.75 Å². The monoisotopic (exact) mass is 480 g/mol. The molecule has 1 fully saturated rings. The summed E-state index contributed by atoms with van der Waals surface area (Å²) in [5, 5.41) is 0.688. The number of carbonyl (C=O) groups is 1. The minimum atomic E-state index is -0.134. The highest BCUT2D eigenvalue weighted by Gasteiger charge is 2.33. The zero-order valence-electron chi connectivity index (χ0n) is 17.6. The normalized spacial score (nSPS) is 14.8. The van der Waals surface area contributed by atoms with Gasteiger partial charge in [-0.05, 0) is 54.1 Å². The molecule has 162 valence electrons. The highest BCUT2D eigenvalue weighted by Crippen LogP contribution is 2.37. The van der Waals surface area contributed by atoms with E-state index >= 15 is 0 Å². The number of benzene rings is 3. The Kier molecular flexibility index (Phi) is 6.84. The molecule has 1 amide bonds. The third-order valence-corrected chi connectivity index (χ3v) is 6.49. The van der Waals surface area contributed by atoms with Crippen LogP contribution < -0.4 is 14.5 Å². The molecule has 0 bridgehead atoms. The van der Waals surface area contributed by atoms with E-state index in [1.807, 2.05) is 97.9 Å². The van der Waals surface area contributed by atoms with Crippen LogP contribution in [0.4, 0.5) is 11.4 Å². The lowest BCUT2D eigenvalue weighted by atomic mass is 10.1. The maximum absolute atomic E-state index is 13.1. The lowest BCUT2D eigenvalue weighted by Crippen LogP contribution is -2.27. The fourth-order valence-corrected chi connectivity index (χ4v) is 4.62. The molecule has 1 heterocycles. The maximum Gasteiger partial charge on any atom is 0.270 e. The third kappa shape index (κ3) is 4.99. The third-order valence-electron chi connectivity index (χ3n) is 4.93. The number of halogens is 1. The summed E-state index contributed by atoms with van der Waals surface area (Å²) in [5.41, 5.74) is 3.65. The number of anilines is 2. The summed E-state index contributed by atoms with van der Waals surface area (Å²) in [6.45, 7) is 0.404. The summed E-state index contributed by atoms with van der Waals surface area (Å²) in [4.78, 5) is 17.3. The predicted molar refractivity (Wildman–Crippen MR) is 139 cm³/mol. The molecule has 1 aliphatic heterocycles. The Bertz CT molecular complexity index is 1180. The molecule has 4 rings (SSSR count). The molecule has 7 heteroatoms. The molecule has 0 radical (unpaired) electrons. The Morgan fingerprint density at radius 1 is 1.03 bits per heavy atom. The van der Waals surface area contributed by atoms with Crippen LogP contribution in [-0.4, -0.2) is 24.3 Å². The molecule has 1 saturated heterocycles. The topological polar surface area (TPSA) is 32.8 Å². The van der Waals surface area contributed by atoms with Crippen LogP contribution in [-0.2, 0) is 11.4 Å². The van der Waals surface area contributed by atoms with Gasteiger partial charge in [0, 0.05) is 30.4 Å². The summed E-state index contributed by atoms with van der Waals surface area (Å²) in [6.07, 6.45) is 1.84. The van der Waals surface area contributed by atoms with Gasteiger partial charge < -0.3 is 9.64 Å². The quantitative estimate of drug-likeness (QED) is 0.301. The first-order valence-electron chi connectivity index (χ1n) is 9.94. The summed E-state index contributed by atoms with van der Waals surface area (Å²) in [7, 11) is 3.95. The Labute approximate surface area is 202 Å². The number of amides is 1. The molecule has 3 aromatic rings. The summed E-state index contributed by atoms with van der Waals surface area (Å²) in [5.74, 6) is 0.563. The number of hydrogen-bond acceptors (Lipinski definition) is 5. The molecule has 3 aromatic carbocycles. The van der Waals surface area contributed by atoms with E-state index < -0.39 is 0 Å². The van der Waals surface area contributed by atoms with Crippen molar-refractivity contribution >= 4 is 63.3 Å². The Morgan fingerprint density at radius 3 is 2.41 bits per heavy atom. The van der Waals surface area contributed by atoms with Gasteiger partial charge in [-0.3, -0.25) is 9.69 Å². The first kappa shape index (κ1) is 22.4. The fourth-order valence-electron chi connectivity index (χ4n) is 3.20. The van der Waals surface area contributed by atoms with Gasteiger partial charge in [0.1, 0.15) is 12.4 Å². The van der Waals surface area contributed by atoms with Crippen molar-refractivity contribution in [3.8, 4) is 5.75 Å². The van der Waals surface area contributed by atoms with Gasteiger partial charge >= 0.3 is 0 Å². The van der Waals surface area contributed by atoms with Crippen LogP contribution in [0, 0.1) is 0 Å². The molecule has 1 aliphatic rings. The predicted octanol–water partition coefficient (Wildman–Crippen LogP) is 6.39. The summed E-state index contributed by atoms with van der Waals surface area (Å²) >= 11 is 12.8. The Hall–Kier alpha value is -2.80. The number of rotatable bonds is 6. The highest BCUT2D eigenvalue weighted by atomic mass is 35.5. The summed E-state index contributed by atoms with van der Waals surface area (Å²) < 4.78 is 6.54. The minimum absolute atomic E-state index is 0.134. The lowest BCUT2D eigenvalue weighted by molar-refractivity contribution is -0.113. The zero-order valence-corrected chi connectivity index (χ0v) is 20.0. The number of hydrogen-bond donors (Lipinski definition) is 0. The number of thioether (sulfide) groups is 1. The maximum atomic E-state index is 13.1. The van der Waals surface area contributed by atoms with E-state index in [9.17, 15) is 4.79 Å². The average molecular weight is 481 g/mol. The first-order chi connectivity index (χ1) is 15.4. The summed E-state index contributed by atoms with van der Waals surface area (Å²) in [6, 6.07) is 22.9. The SMILES string of the molecule is CN(C)c1ccc(N2C(=O)/C(=C\c3ccccc3OCc3ccc(Cl)cc3)SC2=S)cc1. The largest absolute Gasteiger partial charge is 0.488 e. The molecule has 0 unspecified atom stereocenters. The number of thiocarbonyl (C=S) groups is 1. The van der Waals surface area contributed by atoms with E-state index in [0.717, 1.165) is 22.5 Å². The van der Waals surface area contributed by atoms with Crippen molar-refractivity contribution < 1.29 is 9.53 Å². The van der Waals surface area contributed by atoms with Crippen LogP contribution in [0.2, 0.25) is 5.02 Å². The molecular formula is C25H21ClN2O2S2. The van der Waals surface area contributed by atoms with Crippen molar-refractivity contribution in [2.45, 2.75) is 6.61 Å². The number of carbonyl (C=O) groups excluding carboxylic acids is 1. The van der Waals surface area contributed by atoms with Gasteiger partial charge in [0.25, 0.3) is 5.91 Å². The van der Waals surface area contributed by atoms with Gasteiger partial charge in [-0.25, -0.2) is 0 Å². The second-order valence-corrected chi connectivity index (χ2v) is 9.49. The van der Waals surface area contributed by atoms with E-state index in [-0.39, 0.29) is 5.91 Å². The average Bonchev–Trinajstić information content (AvgIpc) is 3.07. The van der Waals surface area contributed by atoms with Crippen molar-refractivity contribution in [3.05, 3.63) is 93.9 Å². The van der Waals surface area contributed by atoms with E-state index in [1.54, 1.807) is 4.90 Å². The van der Waals surface area contributed by atoms with Gasteiger partial charge in [-0.1, -0.05) is 65.9 Å². The van der Waals surface area contributed by atoms with Crippen molar-refractivity contribution in [3.63, 3.8) is 0 Å². The van der Waals surface area contributed by atoms with Gasteiger partial charge in [-0.2, -0.15) is 0 Å². The van der Waals surface area contributed by atoms with Crippen LogP contribution in [0.1, 0.15) is 11.1 Å². The van der Waals surface area contributed by atoms with E-state index in [1.165, 1.54) is 11.8 Å². The van der Waals surface area contributed by atoms with Crippen molar-refractivity contribution in [1.29, 1.82) is 0 Å². The Morgan fingerprint density at radius 2 is 1.72 bits per heavy atom. The molecule has 0 saturated carbocycles. The van der Waals surface area contributed by atoms with Crippen molar-refractivity contribution in [2.75, 3.05) is 23.9 Å². The van der Waals surface area contributed by atoms with Gasteiger partial charge in [0.2, 0.25) is 0 Å².